The fourth-order valence-corrected chi connectivity index (χ4v) is 5.71. The van der Waals surface area contributed by atoms with Gasteiger partial charge in [-0.15, -0.1) is 0 Å². The number of Topliss-reactive ketones (excluding diaryl/α,β-unsaturated/α-hetero) is 1. The summed E-state index contributed by atoms with van der Waals surface area (Å²) < 4.78 is 22.4. The molecule has 8 nitrogen and oxygen atoms in total. The van der Waals surface area contributed by atoms with E-state index >= 15 is 0 Å². The third-order valence-corrected chi connectivity index (χ3v) is 7.65. The molecular weight excluding hydrogens is 522 g/mol. The number of esters is 1. The zero-order valence-corrected chi connectivity index (χ0v) is 24.0. The highest BCUT2D eigenvalue weighted by molar-refractivity contribution is 6.04. The number of fused-ring (bicyclic) bond motifs is 1. The van der Waals surface area contributed by atoms with E-state index in [4.69, 9.17) is 18.6 Å². The molecule has 1 aliphatic heterocycles. The van der Waals surface area contributed by atoms with Crippen LogP contribution in [0.1, 0.15) is 62.1 Å². The third-order valence-electron chi connectivity index (χ3n) is 7.65. The summed E-state index contributed by atoms with van der Waals surface area (Å²) in [5, 5.41) is 3.72. The summed E-state index contributed by atoms with van der Waals surface area (Å²) in [4.78, 5) is 41.4. The number of nitrogens with one attached hydrogen (secondary N) is 1. The van der Waals surface area contributed by atoms with Gasteiger partial charge in [0, 0.05) is 29.0 Å². The van der Waals surface area contributed by atoms with Gasteiger partial charge in [0.25, 0.3) is 0 Å². The first-order valence-electron chi connectivity index (χ1n) is 13.9. The predicted octanol–water partition coefficient (Wildman–Crippen LogP) is 5.44. The average molecular weight is 558 g/mol. The maximum atomic E-state index is 13.9. The van der Waals surface area contributed by atoms with E-state index in [9.17, 15) is 14.4 Å². The van der Waals surface area contributed by atoms with E-state index in [0.717, 1.165) is 16.9 Å². The third kappa shape index (κ3) is 5.70. The fraction of sp³-hybridized carbons (Fsp3) is 0.364. The van der Waals surface area contributed by atoms with Crippen LogP contribution in [0.4, 0.5) is 0 Å². The number of allylic oxidation sites excluding steroid dienone is 3. The van der Waals surface area contributed by atoms with Crippen molar-refractivity contribution in [2.24, 2.45) is 0 Å². The van der Waals surface area contributed by atoms with Crippen LogP contribution in [0.2, 0.25) is 0 Å². The number of dihydropyridines is 1. The predicted molar refractivity (Wildman–Crippen MR) is 155 cm³/mol. The molecule has 1 aliphatic carbocycles. The van der Waals surface area contributed by atoms with Crippen LogP contribution in [0.15, 0.2) is 80.5 Å². The largest absolute Gasteiger partial charge is 0.497 e. The second-order valence-electron chi connectivity index (χ2n) is 10.9. The van der Waals surface area contributed by atoms with Crippen molar-refractivity contribution in [2.75, 3.05) is 20.3 Å². The molecule has 214 valence electrons. The lowest BCUT2D eigenvalue weighted by Gasteiger charge is -2.36. The number of rotatable bonds is 8. The number of ketones is 1. The Hall–Kier alpha value is -4.17. The molecule has 0 unspecified atom stereocenters. The van der Waals surface area contributed by atoms with Gasteiger partial charge < -0.3 is 23.9 Å². The maximum Gasteiger partial charge on any atom is 0.336 e. The lowest BCUT2D eigenvalue weighted by molar-refractivity contribution is -0.141. The quantitative estimate of drug-likeness (QED) is 0.289. The minimum absolute atomic E-state index is 0.00505. The number of hydrogen-bond acceptors (Lipinski definition) is 8. The lowest BCUT2D eigenvalue weighted by Crippen LogP contribution is -2.37. The molecule has 0 amide bonds. The molecular formula is C33H35NO7. The zero-order chi connectivity index (χ0) is 29.3. The maximum absolute atomic E-state index is 13.9. The Bertz CT molecular complexity index is 1630. The monoisotopic (exact) mass is 557 g/mol. The van der Waals surface area contributed by atoms with Gasteiger partial charge in [-0.05, 0) is 69.9 Å². The minimum atomic E-state index is -0.926. The highest BCUT2D eigenvalue weighted by atomic mass is 16.6. The second kappa shape index (κ2) is 11.7. The molecule has 0 spiro atoms. The van der Waals surface area contributed by atoms with Crippen LogP contribution in [0.3, 0.4) is 0 Å². The summed E-state index contributed by atoms with van der Waals surface area (Å²) in [5.41, 5.74) is 4.13. The van der Waals surface area contributed by atoms with Gasteiger partial charge in [-0.2, -0.15) is 0 Å². The van der Waals surface area contributed by atoms with E-state index in [1.165, 1.54) is 6.26 Å². The van der Waals surface area contributed by atoms with Crippen LogP contribution < -0.4 is 15.5 Å². The summed E-state index contributed by atoms with van der Waals surface area (Å²) in [6, 6.07) is 13.1. The SMILES string of the molecule is COc1cccc([C@@H]2CC(=O)C3=C(C2)NC(C)=C(C(=O)OCCOC(C)C)[C@H]3c2coc3ccc(C)cc3c2=O)c1. The van der Waals surface area contributed by atoms with Gasteiger partial charge in [0.15, 0.2) is 11.2 Å². The Labute approximate surface area is 239 Å². The van der Waals surface area contributed by atoms with Crippen LogP contribution in [-0.2, 0) is 19.1 Å². The van der Waals surface area contributed by atoms with E-state index in [0.29, 0.717) is 34.4 Å². The van der Waals surface area contributed by atoms with Crippen molar-refractivity contribution < 1.29 is 28.2 Å². The molecule has 1 aromatic heterocycles. The first-order chi connectivity index (χ1) is 19.7. The Morgan fingerprint density at radius 1 is 1.07 bits per heavy atom. The van der Waals surface area contributed by atoms with Crippen molar-refractivity contribution in [2.45, 2.75) is 58.5 Å². The van der Waals surface area contributed by atoms with Gasteiger partial charge >= 0.3 is 5.97 Å². The number of ether oxygens (including phenoxy) is 3. The summed E-state index contributed by atoms with van der Waals surface area (Å²) in [5.74, 6) is -1.04. The first-order valence-corrected chi connectivity index (χ1v) is 13.9. The molecule has 0 radical (unpaired) electrons. The van der Waals surface area contributed by atoms with Gasteiger partial charge in [0.05, 0.1) is 43.0 Å². The Morgan fingerprint density at radius 3 is 2.63 bits per heavy atom. The molecule has 2 atom stereocenters. The Kier molecular flexibility index (Phi) is 8.13. The van der Waals surface area contributed by atoms with Crippen LogP contribution in [0.25, 0.3) is 11.0 Å². The van der Waals surface area contributed by atoms with Crippen molar-refractivity contribution in [1.29, 1.82) is 0 Å². The molecule has 1 N–H and O–H groups in total. The number of carbonyl (C=O) groups excluding carboxylic acids is 2. The van der Waals surface area contributed by atoms with E-state index in [1.807, 2.05) is 51.1 Å². The Morgan fingerprint density at radius 2 is 1.88 bits per heavy atom. The van der Waals surface area contributed by atoms with Crippen molar-refractivity contribution in [3.8, 4) is 5.75 Å². The summed E-state index contributed by atoms with van der Waals surface area (Å²) >= 11 is 0. The molecule has 0 saturated carbocycles. The van der Waals surface area contributed by atoms with Crippen molar-refractivity contribution in [1.82, 2.24) is 5.32 Å². The molecule has 0 saturated heterocycles. The molecule has 0 bridgehead atoms. The summed E-state index contributed by atoms with van der Waals surface area (Å²) in [7, 11) is 1.61. The number of aryl methyl sites for hydroxylation is 1. The topological polar surface area (TPSA) is 104 Å². The number of hydrogen-bond donors (Lipinski definition) is 1. The number of methoxy groups -OCH3 is 1. The van der Waals surface area contributed by atoms with Crippen molar-refractivity contribution >= 4 is 22.7 Å². The van der Waals surface area contributed by atoms with Crippen LogP contribution in [-0.4, -0.2) is 38.2 Å². The highest BCUT2D eigenvalue weighted by Gasteiger charge is 2.43. The van der Waals surface area contributed by atoms with Crippen LogP contribution in [0.5, 0.6) is 5.75 Å². The smallest absolute Gasteiger partial charge is 0.336 e. The van der Waals surface area contributed by atoms with E-state index in [-0.39, 0.29) is 54.0 Å². The van der Waals surface area contributed by atoms with E-state index < -0.39 is 11.9 Å². The van der Waals surface area contributed by atoms with Gasteiger partial charge in [0.2, 0.25) is 0 Å². The van der Waals surface area contributed by atoms with Gasteiger partial charge in [0.1, 0.15) is 17.9 Å². The molecule has 3 aromatic rings. The van der Waals surface area contributed by atoms with E-state index in [1.54, 1.807) is 26.2 Å². The molecule has 5 rings (SSSR count). The van der Waals surface area contributed by atoms with Gasteiger partial charge in [-0.1, -0.05) is 23.8 Å². The standard InChI is InChI=1S/C33H35NO7/c1-18(2)39-11-12-40-33(37)29-20(4)34-26-15-22(21-7-6-8-23(14-21)38-5)16-27(35)31(26)30(29)25-17-41-28-10-9-19(3)13-24(28)32(25)36/h6-10,13-14,17-18,22,30,34H,11-12,15-16H2,1-5H3/t22-,30+/m0/s1. The van der Waals surface area contributed by atoms with Crippen molar-refractivity contribution in [3.05, 3.63) is 98.2 Å². The second-order valence-corrected chi connectivity index (χ2v) is 10.9. The lowest BCUT2D eigenvalue weighted by atomic mass is 9.72. The highest BCUT2D eigenvalue weighted by Crippen LogP contribution is 2.45. The van der Waals surface area contributed by atoms with Gasteiger partial charge in [-0.3, -0.25) is 9.59 Å². The zero-order valence-electron chi connectivity index (χ0n) is 24.0. The Balaban J connectivity index is 1.59. The minimum Gasteiger partial charge on any atom is -0.497 e. The van der Waals surface area contributed by atoms with Crippen LogP contribution in [0, 0.1) is 6.92 Å². The van der Waals surface area contributed by atoms with Gasteiger partial charge in [-0.25, -0.2) is 4.79 Å². The van der Waals surface area contributed by atoms with Crippen LogP contribution >= 0.6 is 0 Å². The van der Waals surface area contributed by atoms with E-state index in [2.05, 4.69) is 5.32 Å². The number of carbonyl (C=O) groups is 2. The van der Waals surface area contributed by atoms with Crippen molar-refractivity contribution in [3.63, 3.8) is 0 Å². The number of benzene rings is 2. The summed E-state index contributed by atoms with van der Waals surface area (Å²) in [6.45, 7) is 7.75. The fourth-order valence-electron chi connectivity index (χ4n) is 5.71. The molecule has 8 heteroatoms. The molecule has 41 heavy (non-hydrogen) atoms. The molecule has 0 fully saturated rings. The molecule has 2 heterocycles. The average Bonchev–Trinajstić information content (AvgIpc) is 2.95. The first kappa shape index (κ1) is 28.4. The normalized spacial score (nSPS) is 18.9. The summed E-state index contributed by atoms with van der Waals surface area (Å²) in [6.07, 6.45) is 2.13. The molecule has 2 aliphatic rings. The molecule has 2 aromatic carbocycles.